The van der Waals surface area contributed by atoms with Gasteiger partial charge in [-0.3, -0.25) is 4.79 Å². The Morgan fingerprint density at radius 3 is 2.36 bits per heavy atom. The van der Waals surface area contributed by atoms with E-state index in [0.717, 1.165) is 11.4 Å². The number of ether oxygens (including phenoxy) is 1. The third kappa shape index (κ3) is 4.45. The second-order valence-corrected chi connectivity index (χ2v) is 5.52. The molecule has 1 aromatic heterocycles. The number of aromatic nitrogens is 2. The molecule has 0 aliphatic rings. The number of nitrogens with zero attached hydrogens (tertiary/aromatic N) is 2. The first-order valence-corrected chi connectivity index (χ1v) is 7.83. The number of anilines is 3. The zero-order valence-electron chi connectivity index (χ0n) is 13.4. The number of rotatable bonds is 5. The number of halogens is 1. The number of carbonyl (C=O) groups excluding carboxylic acids is 1. The lowest BCUT2D eigenvalue weighted by Crippen LogP contribution is -2.14. The lowest BCUT2D eigenvalue weighted by molar-refractivity contribution is 0.102. The molecule has 1 heterocycles. The minimum atomic E-state index is -0.327. The smallest absolute Gasteiger partial charge is 0.274 e. The van der Waals surface area contributed by atoms with Gasteiger partial charge in [0.25, 0.3) is 5.91 Å². The van der Waals surface area contributed by atoms with E-state index >= 15 is 0 Å². The molecule has 0 radical (unpaired) electrons. The third-order valence-corrected chi connectivity index (χ3v) is 3.59. The van der Waals surface area contributed by atoms with Gasteiger partial charge in [0.1, 0.15) is 11.4 Å². The number of hydrogen-bond acceptors (Lipinski definition) is 5. The van der Waals surface area contributed by atoms with Crippen molar-refractivity contribution < 1.29 is 9.53 Å². The largest absolute Gasteiger partial charge is 0.497 e. The van der Waals surface area contributed by atoms with Gasteiger partial charge in [-0.1, -0.05) is 11.6 Å². The minimum Gasteiger partial charge on any atom is -0.497 e. The standard InChI is InChI=1S/C18H15ClN4O2/c1-25-15-8-6-13(7-9-15)21-17(24)16-10-11-20-18(23-16)22-14-4-2-12(19)3-5-14/h2-11H,1H3,(H,21,24)(H,20,22,23). The Morgan fingerprint density at radius 2 is 1.68 bits per heavy atom. The molecule has 0 atom stereocenters. The van der Waals surface area contributed by atoms with Crippen LogP contribution < -0.4 is 15.4 Å². The highest BCUT2D eigenvalue weighted by atomic mass is 35.5. The van der Waals surface area contributed by atoms with E-state index in [4.69, 9.17) is 16.3 Å². The van der Waals surface area contributed by atoms with Gasteiger partial charge in [-0.2, -0.15) is 0 Å². The van der Waals surface area contributed by atoms with Gasteiger partial charge in [0.2, 0.25) is 5.95 Å². The van der Waals surface area contributed by atoms with E-state index in [0.29, 0.717) is 16.7 Å². The van der Waals surface area contributed by atoms with Crippen LogP contribution in [0.15, 0.2) is 60.8 Å². The van der Waals surface area contributed by atoms with E-state index in [1.54, 1.807) is 61.7 Å². The molecule has 3 rings (SSSR count). The van der Waals surface area contributed by atoms with Crippen molar-refractivity contribution in [2.24, 2.45) is 0 Å². The third-order valence-electron chi connectivity index (χ3n) is 3.34. The van der Waals surface area contributed by atoms with Crippen LogP contribution in [-0.4, -0.2) is 23.0 Å². The van der Waals surface area contributed by atoms with Crippen LogP contribution >= 0.6 is 11.6 Å². The Balaban J connectivity index is 1.71. The normalized spacial score (nSPS) is 10.2. The van der Waals surface area contributed by atoms with Gasteiger partial charge in [-0.25, -0.2) is 9.97 Å². The summed E-state index contributed by atoms with van der Waals surface area (Å²) in [5.74, 6) is 0.714. The molecule has 25 heavy (non-hydrogen) atoms. The molecular weight excluding hydrogens is 340 g/mol. The Hall–Kier alpha value is -3.12. The van der Waals surface area contributed by atoms with E-state index in [1.807, 2.05) is 0 Å². The summed E-state index contributed by atoms with van der Waals surface area (Å²) >= 11 is 5.86. The number of carbonyl (C=O) groups is 1. The van der Waals surface area contributed by atoms with Gasteiger partial charge in [-0.15, -0.1) is 0 Å². The summed E-state index contributed by atoms with van der Waals surface area (Å²) in [6.07, 6.45) is 1.52. The second-order valence-electron chi connectivity index (χ2n) is 5.08. The highest BCUT2D eigenvalue weighted by molar-refractivity contribution is 6.30. The summed E-state index contributed by atoms with van der Waals surface area (Å²) in [7, 11) is 1.59. The van der Waals surface area contributed by atoms with Crippen LogP contribution in [0.4, 0.5) is 17.3 Å². The molecule has 126 valence electrons. The topological polar surface area (TPSA) is 76.1 Å². The molecule has 2 aromatic carbocycles. The highest BCUT2D eigenvalue weighted by Crippen LogP contribution is 2.18. The first-order chi connectivity index (χ1) is 12.1. The molecule has 0 spiro atoms. The maximum atomic E-state index is 12.3. The van der Waals surface area contributed by atoms with Crippen LogP contribution in [0, 0.1) is 0 Å². The van der Waals surface area contributed by atoms with Gasteiger partial charge in [-0.05, 0) is 54.6 Å². The molecule has 3 aromatic rings. The molecule has 0 saturated heterocycles. The fourth-order valence-corrected chi connectivity index (χ4v) is 2.20. The Bertz CT molecular complexity index is 867. The maximum Gasteiger partial charge on any atom is 0.274 e. The van der Waals surface area contributed by atoms with Crippen molar-refractivity contribution in [2.75, 3.05) is 17.7 Å². The van der Waals surface area contributed by atoms with Crippen molar-refractivity contribution in [3.8, 4) is 5.75 Å². The number of amides is 1. The quantitative estimate of drug-likeness (QED) is 0.720. The average Bonchev–Trinajstić information content (AvgIpc) is 2.64. The molecular formula is C18H15ClN4O2. The fraction of sp³-hybridized carbons (Fsp3) is 0.0556. The van der Waals surface area contributed by atoms with E-state index < -0.39 is 0 Å². The molecule has 1 amide bonds. The number of hydrogen-bond donors (Lipinski definition) is 2. The summed E-state index contributed by atoms with van der Waals surface area (Å²) in [5.41, 5.74) is 1.68. The monoisotopic (exact) mass is 354 g/mol. The Morgan fingerprint density at radius 1 is 1.00 bits per heavy atom. The molecule has 2 N–H and O–H groups in total. The molecule has 0 unspecified atom stereocenters. The van der Waals surface area contributed by atoms with Crippen LogP contribution in [0.25, 0.3) is 0 Å². The molecule has 0 saturated carbocycles. The summed E-state index contributed by atoms with van der Waals surface area (Å²) in [6, 6.07) is 15.7. The van der Waals surface area contributed by atoms with Crippen LogP contribution in [0.5, 0.6) is 5.75 Å². The van der Waals surface area contributed by atoms with Gasteiger partial charge >= 0.3 is 0 Å². The summed E-state index contributed by atoms with van der Waals surface area (Å²) in [6.45, 7) is 0. The van der Waals surface area contributed by atoms with E-state index in [1.165, 1.54) is 6.20 Å². The summed E-state index contributed by atoms with van der Waals surface area (Å²) < 4.78 is 5.09. The predicted octanol–water partition coefficient (Wildman–Crippen LogP) is 4.13. The van der Waals surface area contributed by atoms with E-state index in [-0.39, 0.29) is 11.6 Å². The molecule has 6 nitrogen and oxygen atoms in total. The van der Waals surface area contributed by atoms with Crippen molar-refractivity contribution in [2.45, 2.75) is 0 Å². The lowest BCUT2D eigenvalue weighted by Gasteiger charge is -2.08. The molecule has 0 aliphatic carbocycles. The maximum absolute atomic E-state index is 12.3. The zero-order valence-corrected chi connectivity index (χ0v) is 14.1. The first kappa shape index (κ1) is 16.7. The lowest BCUT2D eigenvalue weighted by atomic mass is 10.3. The van der Waals surface area contributed by atoms with E-state index in [2.05, 4.69) is 20.6 Å². The van der Waals surface area contributed by atoms with E-state index in [9.17, 15) is 4.79 Å². The van der Waals surface area contributed by atoms with Crippen LogP contribution in [0.2, 0.25) is 5.02 Å². The fourth-order valence-electron chi connectivity index (χ4n) is 2.08. The predicted molar refractivity (Wildman–Crippen MR) is 97.7 cm³/mol. The van der Waals surface area contributed by atoms with Crippen LogP contribution in [0.1, 0.15) is 10.5 Å². The molecule has 0 aliphatic heterocycles. The van der Waals surface area contributed by atoms with Crippen molar-refractivity contribution in [3.05, 3.63) is 71.5 Å². The van der Waals surface area contributed by atoms with Crippen molar-refractivity contribution in [1.82, 2.24) is 9.97 Å². The highest BCUT2D eigenvalue weighted by Gasteiger charge is 2.09. The SMILES string of the molecule is COc1ccc(NC(=O)c2ccnc(Nc3ccc(Cl)cc3)n2)cc1. The minimum absolute atomic E-state index is 0.252. The zero-order chi connectivity index (χ0) is 17.6. The van der Waals surface area contributed by atoms with Gasteiger partial charge in [0.05, 0.1) is 7.11 Å². The molecule has 0 bridgehead atoms. The molecule has 0 fully saturated rings. The number of methoxy groups -OCH3 is 1. The first-order valence-electron chi connectivity index (χ1n) is 7.45. The van der Waals surface area contributed by atoms with Gasteiger partial charge in [0, 0.05) is 22.6 Å². The van der Waals surface area contributed by atoms with Crippen LogP contribution in [0.3, 0.4) is 0 Å². The Kier molecular flexibility index (Phi) is 5.11. The average molecular weight is 355 g/mol. The number of benzene rings is 2. The van der Waals surface area contributed by atoms with Crippen molar-refractivity contribution in [1.29, 1.82) is 0 Å². The Labute approximate surface area is 149 Å². The number of nitrogens with one attached hydrogen (secondary N) is 2. The summed E-state index contributed by atoms with van der Waals surface area (Å²) in [4.78, 5) is 20.7. The summed E-state index contributed by atoms with van der Waals surface area (Å²) in [5, 5.41) is 6.44. The van der Waals surface area contributed by atoms with Crippen molar-refractivity contribution in [3.63, 3.8) is 0 Å². The van der Waals surface area contributed by atoms with Gasteiger partial charge < -0.3 is 15.4 Å². The van der Waals surface area contributed by atoms with Crippen LogP contribution in [-0.2, 0) is 0 Å². The molecule has 7 heteroatoms. The second kappa shape index (κ2) is 7.63. The van der Waals surface area contributed by atoms with Gasteiger partial charge in [0.15, 0.2) is 0 Å². The van der Waals surface area contributed by atoms with Crippen molar-refractivity contribution >= 4 is 34.8 Å².